The van der Waals surface area contributed by atoms with Crippen molar-refractivity contribution >= 4 is 12.0 Å². The second-order valence-corrected chi connectivity index (χ2v) is 5.68. The molecule has 2 fully saturated rings. The van der Waals surface area contributed by atoms with Gasteiger partial charge >= 0.3 is 12.0 Å². The van der Waals surface area contributed by atoms with Crippen molar-refractivity contribution < 1.29 is 14.7 Å². The Labute approximate surface area is 107 Å². The average molecular weight is 254 g/mol. The summed E-state index contributed by atoms with van der Waals surface area (Å²) in [6.45, 7) is 2.00. The highest BCUT2D eigenvalue weighted by molar-refractivity contribution is 5.77. The van der Waals surface area contributed by atoms with Crippen LogP contribution in [0, 0.1) is 11.8 Å². The summed E-state index contributed by atoms with van der Waals surface area (Å²) in [4.78, 5) is 22.8. The number of hydrogen-bond donors (Lipinski definition) is 3. The van der Waals surface area contributed by atoms with E-state index in [0.717, 1.165) is 25.2 Å². The Bertz CT molecular complexity index is 328. The fourth-order valence-electron chi connectivity index (χ4n) is 2.77. The lowest BCUT2D eigenvalue weighted by atomic mass is 10.0. The third-order valence-corrected chi connectivity index (χ3v) is 3.91. The predicted octanol–water partition coefficient (Wildman–Crippen LogP) is 1.73. The highest BCUT2D eigenvalue weighted by atomic mass is 16.4. The van der Waals surface area contributed by atoms with Crippen LogP contribution in [0.3, 0.4) is 0 Å². The second-order valence-electron chi connectivity index (χ2n) is 5.68. The zero-order valence-corrected chi connectivity index (χ0v) is 10.8. The molecule has 0 aliphatic heterocycles. The van der Waals surface area contributed by atoms with E-state index in [-0.39, 0.29) is 18.1 Å². The lowest BCUT2D eigenvalue weighted by Crippen LogP contribution is -2.47. The first-order valence-electron chi connectivity index (χ1n) is 6.86. The minimum absolute atomic E-state index is 0.169. The molecule has 18 heavy (non-hydrogen) atoms. The maximum absolute atomic E-state index is 11.8. The number of rotatable bonds is 5. The number of hydrogen-bond acceptors (Lipinski definition) is 2. The minimum atomic E-state index is -0.802. The summed E-state index contributed by atoms with van der Waals surface area (Å²) in [6, 6.07) is -0.265. The molecular weight excluding hydrogens is 232 g/mol. The summed E-state index contributed by atoms with van der Waals surface area (Å²) in [5.41, 5.74) is 0. The number of carboxylic acids is 1. The number of carbonyl (C=O) groups is 2. The van der Waals surface area contributed by atoms with Crippen molar-refractivity contribution in [1.29, 1.82) is 0 Å². The van der Waals surface area contributed by atoms with Crippen molar-refractivity contribution in [3.05, 3.63) is 0 Å². The molecule has 0 saturated heterocycles. The molecule has 0 spiro atoms. The van der Waals surface area contributed by atoms with Crippen LogP contribution in [-0.2, 0) is 4.79 Å². The number of urea groups is 1. The van der Waals surface area contributed by atoms with Crippen LogP contribution in [-0.4, -0.2) is 29.2 Å². The Morgan fingerprint density at radius 2 is 2.00 bits per heavy atom. The first kappa shape index (κ1) is 13.2. The molecule has 2 rings (SSSR count). The van der Waals surface area contributed by atoms with Crippen LogP contribution < -0.4 is 10.6 Å². The highest BCUT2D eigenvalue weighted by Gasteiger charge is 2.34. The Balaban J connectivity index is 1.73. The molecule has 5 heteroatoms. The van der Waals surface area contributed by atoms with Crippen LogP contribution in [0.25, 0.3) is 0 Å². The lowest BCUT2D eigenvalue weighted by Gasteiger charge is -2.20. The molecule has 5 nitrogen and oxygen atoms in total. The average Bonchev–Trinajstić information content (AvgIpc) is 2.94. The van der Waals surface area contributed by atoms with E-state index in [2.05, 4.69) is 10.6 Å². The Kier molecular flexibility index (Phi) is 4.09. The molecular formula is C13H22N2O3. The van der Waals surface area contributed by atoms with Gasteiger partial charge in [-0.1, -0.05) is 19.3 Å². The zero-order valence-electron chi connectivity index (χ0n) is 10.8. The predicted molar refractivity (Wildman–Crippen MR) is 67.2 cm³/mol. The molecule has 3 N–H and O–H groups in total. The van der Waals surface area contributed by atoms with Crippen molar-refractivity contribution in [2.75, 3.05) is 0 Å². The summed E-state index contributed by atoms with van der Waals surface area (Å²) in [6.07, 6.45) is 5.88. The third-order valence-electron chi connectivity index (χ3n) is 3.91. The molecule has 2 aliphatic carbocycles. The highest BCUT2D eigenvalue weighted by Crippen LogP contribution is 2.33. The van der Waals surface area contributed by atoms with Crippen LogP contribution in [0.5, 0.6) is 0 Å². The number of carboxylic acid groups (broad SMARTS) is 1. The smallest absolute Gasteiger partial charge is 0.315 e. The van der Waals surface area contributed by atoms with E-state index in [9.17, 15) is 9.59 Å². The van der Waals surface area contributed by atoms with Crippen LogP contribution in [0.1, 0.15) is 45.4 Å². The number of aliphatic carboxylic acids is 1. The van der Waals surface area contributed by atoms with E-state index < -0.39 is 11.9 Å². The van der Waals surface area contributed by atoms with Gasteiger partial charge in [-0.15, -0.1) is 0 Å². The quantitative estimate of drug-likeness (QED) is 0.699. The van der Waals surface area contributed by atoms with Crippen molar-refractivity contribution in [2.24, 2.45) is 11.8 Å². The SMILES string of the molecule is CC(CC1CC1)NC(=O)NC1CCCC1C(=O)O. The van der Waals surface area contributed by atoms with Gasteiger partial charge in [-0.3, -0.25) is 4.79 Å². The summed E-state index contributed by atoms with van der Waals surface area (Å²) in [5.74, 6) is -0.447. The number of carbonyl (C=O) groups excluding carboxylic acids is 1. The molecule has 102 valence electrons. The summed E-state index contributed by atoms with van der Waals surface area (Å²) in [7, 11) is 0. The molecule has 3 unspecified atom stereocenters. The summed E-state index contributed by atoms with van der Waals surface area (Å²) >= 11 is 0. The fourth-order valence-corrected chi connectivity index (χ4v) is 2.77. The lowest BCUT2D eigenvalue weighted by molar-refractivity contribution is -0.142. The van der Waals surface area contributed by atoms with E-state index >= 15 is 0 Å². The number of nitrogens with one attached hydrogen (secondary N) is 2. The number of amides is 2. The van der Waals surface area contributed by atoms with E-state index in [4.69, 9.17) is 5.11 Å². The Morgan fingerprint density at radius 3 is 2.61 bits per heavy atom. The largest absolute Gasteiger partial charge is 0.481 e. The molecule has 0 aromatic heterocycles. The van der Waals surface area contributed by atoms with Gasteiger partial charge in [-0.25, -0.2) is 4.79 Å². The van der Waals surface area contributed by atoms with Crippen molar-refractivity contribution in [1.82, 2.24) is 10.6 Å². The van der Waals surface area contributed by atoms with Gasteiger partial charge < -0.3 is 15.7 Å². The van der Waals surface area contributed by atoms with Gasteiger partial charge in [0.25, 0.3) is 0 Å². The van der Waals surface area contributed by atoms with Crippen LogP contribution in [0.2, 0.25) is 0 Å². The van der Waals surface area contributed by atoms with Gasteiger partial charge in [0.2, 0.25) is 0 Å². The first-order valence-corrected chi connectivity index (χ1v) is 6.86. The van der Waals surface area contributed by atoms with Crippen molar-refractivity contribution in [3.8, 4) is 0 Å². The molecule has 2 aliphatic rings. The molecule has 2 amide bonds. The summed E-state index contributed by atoms with van der Waals surface area (Å²) in [5, 5.41) is 14.7. The van der Waals surface area contributed by atoms with Crippen LogP contribution in [0.15, 0.2) is 0 Å². The van der Waals surface area contributed by atoms with Gasteiger partial charge in [-0.05, 0) is 32.1 Å². The fraction of sp³-hybridized carbons (Fsp3) is 0.846. The van der Waals surface area contributed by atoms with E-state index in [1.807, 2.05) is 6.92 Å². The maximum Gasteiger partial charge on any atom is 0.315 e. The maximum atomic E-state index is 11.8. The molecule has 2 saturated carbocycles. The molecule has 0 radical (unpaired) electrons. The molecule has 0 aromatic carbocycles. The van der Waals surface area contributed by atoms with Crippen molar-refractivity contribution in [3.63, 3.8) is 0 Å². The van der Waals surface area contributed by atoms with E-state index in [0.29, 0.717) is 6.42 Å². The van der Waals surface area contributed by atoms with E-state index in [1.54, 1.807) is 0 Å². The zero-order chi connectivity index (χ0) is 13.1. The first-order chi connectivity index (χ1) is 8.56. The third kappa shape index (κ3) is 3.62. The van der Waals surface area contributed by atoms with Gasteiger partial charge in [0, 0.05) is 12.1 Å². The van der Waals surface area contributed by atoms with E-state index in [1.165, 1.54) is 12.8 Å². The second kappa shape index (κ2) is 5.59. The van der Waals surface area contributed by atoms with Gasteiger partial charge in [0.15, 0.2) is 0 Å². The summed E-state index contributed by atoms with van der Waals surface area (Å²) < 4.78 is 0. The monoisotopic (exact) mass is 254 g/mol. The molecule has 0 bridgehead atoms. The molecule has 0 aromatic rings. The van der Waals surface area contributed by atoms with Gasteiger partial charge in [-0.2, -0.15) is 0 Å². The normalized spacial score (nSPS) is 28.7. The Hall–Kier alpha value is -1.26. The topological polar surface area (TPSA) is 78.4 Å². The molecule has 0 heterocycles. The Morgan fingerprint density at radius 1 is 1.28 bits per heavy atom. The van der Waals surface area contributed by atoms with Crippen LogP contribution >= 0.6 is 0 Å². The van der Waals surface area contributed by atoms with Crippen LogP contribution in [0.4, 0.5) is 4.79 Å². The van der Waals surface area contributed by atoms with Crippen molar-refractivity contribution in [2.45, 2.75) is 57.5 Å². The standard InChI is InChI=1S/C13H22N2O3/c1-8(7-9-5-6-9)14-13(18)15-11-4-2-3-10(11)12(16)17/h8-11H,2-7H2,1H3,(H,16,17)(H2,14,15,18). The minimum Gasteiger partial charge on any atom is -0.481 e. The van der Waals surface area contributed by atoms with Gasteiger partial charge in [0.1, 0.15) is 0 Å². The molecule has 3 atom stereocenters. The van der Waals surface area contributed by atoms with Gasteiger partial charge in [0.05, 0.1) is 5.92 Å².